The fourth-order valence-corrected chi connectivity index (χ4v) is 11.0. The van der Waals surface area contributed by atoms with Gasteiger partial charge in [0.05, 0.1) is 32.0 Å². The molecular weight excluding hydrogens is 1070 g/mol. The van der Waals surface area contributed by atoms with Crippen molar-refractivity contribution in [3.63, 3.8) is 0 Å². The molecule has 0 aromatic rings. The summed E-state index contributed by atoms with van der Waals surface area (Å²) in [6.45, 7) is 4.28. The Morgan fingerprint density at radius 1 is 0.430 bits per heavy atom. The van der Waals surface area contributed by atoms with E-state index >= 15 is 0 Å². The second kappa shape index (κ2) is 63.7. The van der Waals surface area contributed by atoms with Crippen molar-refractivity contribution in [1.82, 2.24) is 5.32 Å². The molecule has 1 amide bonds. The van der Waals surface area contributed by atoms with Crippen molar-refractivity contribution in [1.29, 1.82) is 0 Å². The summed E-state index contributed by atoms with van der Waals surface area (Å²) >= 11 is 0. The number of esters is 1. The second-order valence-electron chi connectivity index (χ2n) is 24.9. The van der Waals surface area contributed by atoms with E-state index in [1.165, 1.54) is 225 Å². The Balaban J connectivity index is 1.97. The van der Waals surface area contributed by atoms with Crippen LogP contribution in [-0.4, -0.2) is 100 Å². The van der Waals surface area contributed by atoms with E-state index in [0.29, 0.717) is 19.4 Å². The normalized spacial score (nSPS) is 18.3. The average Bonchev–Trinajstić information content (AvgIpc) is 2.77. The monoisotopic (exact) mass is 1210 g/mol. The summed E-state index contributed by atoms with van der Waals surface area (Å²) < 4.78 is 16.7. The van der Waals surface area contributed by atoms with E-state index in [9.17, 15) is 35.1 Å². The smallest absolute Gasteiger partial charge is 0.305 e. The Hall–Kier alpha value is -2.90. The minimum absolute atomic E-state index is 0.00401. The Kier molecular flexibility index (Phi) is 60.0. The minimum Gasteiger partial charge on any atom is -0.466 e. The number of aliphatic hydroxyl groups is 5. The Labute approximate surface area is 528 Å². The molecule has 0 spiro atoms. The number of hydrogen-bond acceptors (Lipinski definition) is 10. The molecule has 1 aliphatic heterocycles. The maximum atomic E-state index is 13.1. The van der Waals surface area contributed by atoms with Crippen LogP contribution in [-0.2, 0) is 23.8 Å². The molecular formula is C75H135NO10. The largest absolute Gasteiger partial charge is 0.466 e. The van der Waals surface area contributed by atoms with Gasteiger partial charge in [-0.3, -0.25) is 9.59 Å². The molecule has 86 heavy (non-hydrogen) atoms. The number of hydrogen-bond donors (Lipinski definition) is 6. The number of nitrogens with one attached hydrogen (secondary N) is 1. The molecule has 0 aromatic heterocycles. The summed E-state index contributed by atoms with van der Waals surface area (Å²) in [4.78, 5) is 25.1. The first-order valence-corrected chi connectivity index (χ1v) is 36.2. The summed E-state index contributed by atoms with van der Waals surface area (Å²) in [5.74, 6) is -0.199. The summed E-state index contributed by atoms with van der Waals surface area (Å²) in [6.07, 6.45) is 76.2. The van der Waals surface area contributed by atoms with E-state index in [2.05, 4.69) is 79.9 Å². The van der Waals surface area contributed by atoms with Gasteiger partial charge >= 0.3 is 5.97 Å². The maximum Gasteiger partial charge on any atom is 0.305 e. The highest BCUT2D eigenvalue weighted by Crippen LogP contribution is 2.23. The standard InChI is InChI=1S/C75H135NO10/c1-3-5-7-9-11-13-15-38-41-45-49-53-57-61-68(78)67(66-85-75-74(83)73(82)72(81)69(65-77)86-75)76-70(79)62-58-54-50-46-42-39-36-34-32-30-28-26-24-22-20-18-17-19-21-23-25-27-29-31-33-35-37-40-44-48-52-56-60-64-84-71(80)63-59-55-51-47-43-16-14-12-10-8-6-4-2/h11-14,21,23,27,29,41,45,57,61,67-69,72-75,77-78,81-83H,3-10,15-20,22,24-26,28,30-40,42-44,46-56,58-60,62-66H2,1-2H3,(H,76,79)/b13-11+,14-12-,23-21-,29-27-,45-41+,61-57+. The van der Waals surface area contributed by atoms with Crippen LogP contribution in [0, 0.1) is 0 Å². The number of aliphatic hydroxyl groups excluding tert-OH is 5. The third-order valence-corrected chi connectivity index (χ3v) is 16.7. The van der Waals surface area contributed by atoms with E-state index in [4.69, 9.17) is 14.2 Å². The summed E-state index contributed by atoms with van der Waals surface area (Å²) in [6, 6.07) is -0.835. The molecule has 0 radical (unpaired) electrons. The number of allylic oxidation sites excluding steroid dienone is 11. The average molecular weight is 1210 g/mol. The van der Waals surface area contributed by atoms with E-state index in [-0.39, 0.29) is 18.5 Å². The molecule has 0 aromatic carbocycles. The highest BCUT2D eigenvalue weighted by atomic mass is 16.7. The predicted molar refractivity (Wildman–Crippen MR) is 361 cm³/mol. The van der Waals surface area contributed by atoms with E-state index in [1.54, 1.807) is 6.08 Å². The van der Waals surface area contributed by atoms with Crippen LogP contribution in [0.25, 0.3) is 0 Å². The molecule has 1 saturated heterocycles. The van der Waals surface area contributed by atoms with Crippen molar-refractivity contribution in [3.05, 3.63) is 72.9 Å². The van der Waals surface area contributed by atoms with Gasteiger partial charge in [0.1, 0.15) is 24.4 Å². The van der Waals surface area contributed by atoms with Gasteiger partial charge in [-0.05, 0) is 116 Å². The fraction of sp³-hybridized carbons (Fsp3) is 0.813. The van der Waals surface area contributed by atoms with Crippen molar-refractivity contribution < 1.29 is 49.3 Å². The third kappa shape index (κ3) is 51.9. The lowest BCUT2D eigenvalue weighted by Gasteiger charge is -2.40. The molecule has 1 heterocycles. The zero-order valence-electron chi connectivity index (χ0n) is 55.5. The predicted octanol–water partition coefficient (Wildman–Crippen LogP) is 18.7. The van der Waals surface area contributed by atoms with Crippen LogP contribution < -0.4 is 5.32 Å². The molecule has 7 atom stereocenters. The van der Waals surface area contributed by atoms with Crippen LogP contribution in [0.1, 0.15) is 328 Å². The molecule has 0 bridgehead atoms. The topological polar surface area (TPSA) is 175 Å². The van der Waals surface area contributed by atoms with Crippen molar-refractivity contribution in [2.24, 2.45) is 0 Å². The molecule has 500 valence electrons. The number of amides is 1. The van der Waals surface area contributed by atoms with Gasteiger partial charge in [0.2, 0.25) is 5.91 Å². The van der Waals surface area contributed by atoms with Crippen molar-refractivity contribution in [3.8, 4) is 0 Å². The molecule has 0 saturated carbocycles. The van der Waals surface area contributed by atoms with Crippen LogP contribution in [0.5, 0.6) is 0 Å². The summed E-state index contributed by atoms with van der Waals surface area (Å²) in [5.41, 5.74) is 0. The fourth-order valence-electron chi connectivity index (χ4n) is 11.0. The van der Waals surface area contributed by atoms with Gasteiger partial charge in [0.15, 0.2) is 6.29 Å². The Bertz CT molecular complexity index is 1660. The highest BCUT2D eigenvalue weighted by molar-refractivity contribution is 5.76. The van der Waals surface area contributed by atoms with Gasteiger partial charge in [-0.1, -0.05) is 273 Å². The third-order valence-electron chi connectivity index (χ3n) is 16.7. The lowest BCUT2D eigenvalue weighted by atomic mass is 9.99. The maximum absolute atomic E-state index is 13.1. The Morgan fingerprint density at radius 3 is 1.22 bits per heavy atom. The molecule has 0 aliphatic carbocycles. The van der Waals surface area contributed by atoms with Crippen molar-refractivity contribution in [2.75, 3.05) is 19.8 Å². The number of carbonyl (C=O) groups is 2. The van der Waals surface area contributed by atoms with Crippen LogP contribution >= 0.6 is 0 Å². The van der Waals surface area contributed by atoms with Crippen LogP contribution in [0.3, 0.4) is 0 Å². The number of carbonyl (C=O) groups excluding carboxylic acids is 2. The zero-order chi connectivity index (χ0) is 62.3. The molecule has 6 N–H and O–H groups in total. The van der Waals surface area contributed by atoms with Gasteiger partial charge < -0.3 is 45.1 Å². The molecule has 7 unspecified atom stereocenters. The minimum atomic E-state index is -1.58. The quantitative estimate of drug-likeness (QED) is 0.0195. The first-order chi connectivity index (χ1) is 42.2. The SMILES string of the molecule is CCCCC/C=C\CCCCCCCC(=O)OCCCCCCCCCCC/C=C\C/C=C\CCCCCCCCCCCCCCCCCCCC(=O)NC(COC1OC(CO)C(O)C(O)C1O)C(O)/C=C/CC/C=C/CC/C=C/CCCCC. The first-order valence-electron chi connectivity index (χ1n) is 36.2. The van der Waals surface area contributed by atoms with E-state index < -0.39 is 49.5 Å². The van der Waals surface area contributed by atoms with Crippen molar-refractivity contribution >= 4 is 11.9 Å². The van der Waals surface area contributed by atoms with Crippen LogP contribution in [0.15, 0.2) is 72.9 Å². The van der Waals surface area contributed by atoms with E-state index in [0.717, 1.165) is 77.0 Å². The van der Waals surface area contributed by atoms with E-state index in [1.807, 2.05) is 6.08 Å². The van der Waals surface area contributed by atoms with Gasteiger partial charge in [-0.2, -0.15) is 0 Å². The lowest BCUT2D eigenvalue weighted by molar-refractivity contribution is -0.302. The molecule has 11 nitrogen and oxygen atoms in total. The second-order valence-corrected chi connectivity index (χ2v) is 24.9. The van der Waals surface area contributed by atoms with Crippen LogP contribution in [0.4, 0.5) is 0 Å². The summed E-state index contributed by atoms with van der Waals surface area (Å²) in [5, 5.41) is 54.5. The number of rotatable bonds is 63. The van der Waals surface area contributed by atoms with Gasteiger partial charge in [-0.15, -0.1) is 0 Å². The number of unbranched alkanes of at least 4 members (excludes halogenated alkanes) is 39. The van der Waals surface area contributed by atoms with Gasteiger partial charge in [-0.25, -0.2) is 0 Å². The summed E-state index contributed by atoms with van der Waals surface area (Å²) in [7, 11) is 0. The van der Waals surface area contributed by atoms with Gasteiger partial charge in [0.25, 0.3) is 0 Å². The molecule has 1 rings (SSSR count). The highest BCUT2D eigenvalue weighted by Gasteiger charge is 2.44. The first kappa shape index (κ1) is 81.1. The van der Waals surface area contributed by atoms with Crippen LogP contribution in [0.2, 0.25) is 0 Å². The molecule has 1 aliphatic rings. The lowest BCUT2D eigenvalue weighted by Crippen LogP contribution is -2.60. The molecule has 11 heteroatoms. The molecule has 1 fully saturated rings. The Morgan fingerprint density at radius 2 is 0.791 bits per heavy atom. The number of ether oxygens (including phenoxy) is 3. The van der Waals surface area contributed by atoms with Gasteiger partial charge in [0, 0.05) is 12.8 Å². The van der Waals surface area contributed by atoms with Crippen molar-refractivity contribution in [2.45, 2.75) is 371 Å². The zero-order valence-corrected chi connectivity index (χ0v) is 55.5.